The molecule has 0 saturated heterocycles. The summed E-state index contributed by atoms with van der Waals surface area (Å²) in [4.78, 5) is 7.84. The second kappa shape index (κ2) is 4.75. The second-order valence-electron chi connectivity index (χ2n) is 1.85. The molecule has 1 heterocycles. The quantitative estimate of drug-likeness (QED) is 0.294. The van der Waals surface area contributed by atoms with Crippen LogP contribution >= 0.6 is 11.8 Å². The lowest BCUT2D eigenvalue weighted by Crippen LogP contribution is -1.81. The van der Waals surface area contributed by atoms with Crippen molar-refractivity contribution in [1.82, 2.24) is 9.97 Å². The Balaban J connectivity index is 2.35. The van der Waals surface area contributed by atoms with E-state index in [-0.39, 0.29) is 0 Å². The fraction of sp³-hybridized carbons (Fsp3) is 0.250. The predicted molar refractivity (Wildman–Crippen MR) is 46.2 cm³/mol. The first kappa shape index (κ1) is 8.09. The fourth-order valence-electron chi connectivity index (χ4n) is 0.578. The number of rotatable bonds is 3. The first-order valence-corrected chi connectivity index (χ1v) is 4.24. The third-order valence-corrected chi connectivity index (χ3v) is 2.00. The van der Waals surface area contributed by atoms with Gasteiger partial charge in [-0.15, -0.1) is 24.1 Å². The standard InChI is InChI=1S/C8H8N2S/c1-2-3-6-11-8-4-5-9-7-10-8/h1,4-5,7H,3,6H2. The van der Waals surface area contributed by atoms with Gasteiger partial charge in [-0.2, -0.15) is 0 Å². The van der Waals surface area contributed by atoms with Crippen LogP contribution in [0.2, 0.25) is 0 Å². The van der Waals surface area contributed by atoms with E-state index in [1.165, 1.54) is 6.33 Å². The largest absolute Gasteiger partial charge is 0.245 e. The summed E-state index contributed by atoms with van der Waals surface area (Å²) in [5.41, 5.74) is 0. The molecule has 0 unspecified atom stereocenters. The number of thioether (sulfide) groups is 1. The summed E-state index contributed by atoms with van der Waals surface area (Å²) in [7, 11) is 0. The van der Waals surface area contributed by atoms with Gasteiger partial charge in [0.1, 0.15) is 6.33 Å². The smallest absolute Gasteiger partial charge is 0.116 e. The summed E-state index contributed by atoms with van der Waals surface area (Å²) in [6.07, 6.45) is 9.15. The van der Waals surface area contributed by atoms with Crippen molar-refractivity contribution >= 4 is 11.8 Å². The van der Waals surface area contributed by atoms with E-state index < -0.39 is 0 Å². The zero-order valence-electron chi connectivity index (χ0n) is 6.03. The molecule has 56 valence electrons. The minimum atomic E-state index is 0.786. The lowest BCUT2D eigenvalue weighted by Gasteiger charge is -1.94. The van der Waals surface area contributed by atoms with Gasteiger partial charge in [0.2, 0.25) is 0 Å². The van der Waals surface area contributed by atoms with Crippen LogP contribution in [0.1, 0.15) is 6.42 Å². The number of nitrogens with zero attached hydrogens (tertiary/aromatic N) is 2. The molecule has 0 fully saturated rings. The molecule has 0 spiro atoms. The van der Waals surface area contributed by atoms with Gasteiger partial charge in [-0.05, 0) is 6.07 Å². The minimum absolute atomic E-state index is 0.786. The Labute approximate surface area is 70.5 Å². The molecule has 0 bridgehead atoms. The van der Waals surface area contributed by atoms with Gasteiger partial charge in [0.05, 0.1) is 5.03 Å². The van der Waals surface area contributed by atoms with Crippen LogP contribution in [0.25, 0.3) is 0 Å². The molecule has 0 aliphatic carbocycles. The van der Waals surface area contributed by atoms with Gasteiger partial charge in [-0.3, -0.25) is 0 Å². The Bertz CT molecular complexity index is 240. The number of terminal acetylenes is 1. The maximum Gasteiger partial charge on any atom is 0.116 e. The van der Waals surface area contributed by atoms with E-state index in [0.717, 1.165) is 17.2 Å². The highest BCUT2D eigenvalue weighted by molar-refractivity contribution is 7.99. The van der Waals surface area contributed by atoms with Crippen LogP contribution < -0.4 is 0 Å². The molecule has 0 radical (unpaired) electrons. The van der Waals surface area contributed by atoms with Gasteiger partial charge < -0.3 is 0 Å². The van der Waals surface area contributed by atoms with Gasteiger partial charge >= 0.3 is 0 Å². The molecule has 0 saturated carbocycles. The van der Waals surface area contributed by atoms with Crippen molar-refractivity contribution in [3.8, 4) is 12.3 Å². The Kier molecular flexibility index (Phi) is 3.49. The first-order valence-electron chi connectivity index (χ1n) is 3.26. The van der Waals surface area contributed by atoms with E-state index in [0.29, 0.717) is 0 Å². The molecular formula is C8H8N2S. The van der Waals surface area contributed by atoms with E-state index in [4.69, 9.17) is 6.42 Å². The minimum Gasteiger partial charge on any atom is -0.245 e. The Morgan fingerprint density at radius 3 is 3.18 bits per heavy atom. The van der Waals surface area contributed by atoms with E-state index in [1.54, 1.807) is 18.0 Å². The van der Waals surface area contributed by atoms with E-state index >= 15 is 0 Å². The van der Waals surface area contributed by atoms with E-state index in [9.17, 15) is 0 Å². The molecule has 2 nitrogen and oxygen atoms in total. The Hall–Kier alpha value is -1.01. The van der Waals surface area contributed by atoms with Crippen molar-refractivity contribution in [3.63, 3.8) is 0 Å². The summed E-state index contributed by atoms with van der Waals surface area (Å²) in [6, 6.07) is 1.88. The van der Waals surface area contributed by atoms with E-state index in [2.05, 4.69) is 15.9 Å². The SMILES string of the molecule is C#CCCSc1ccncn1. The van der Waals surface area contributed by atoms with Gasteiger partial charge in [0.15, 0.2) is 0 Å². The van der Waals surface area contributed by atoms with Crippen LogP contribution in [0.3, 0.4) is 0 Å². The molecule has 0 aliphatic rings. The van der Waals surface area contributed by atoms with Gasteiger partial charge in [-0.25, -0.2) is 9.97 Å². The average molecular weight is 164 g/mol. The van der Waals surface area contributed by atoms with Crippen molar-refractivity contribution in [3.05, 3.63) is 18.6 Å². The van der Waals surface area contributed by atoms with Crippen LogP contribution in [0.15, 0.2) is 23.6 Å². The highest BCUT2D eigenvalue weighted by Crippen LogP contribution is 2.13. The molecular weight excluding hydrogens is 156 g/mol. The van der Waals surface area contributed by atoms with Crippen molar-refractivity contribution in [2.24, 2.45) is 0 Å². The van der Waals surface area contributed by atoms with Gasteiger partial charge in [-0.1, -0.05) is 0 Å². The lowest BCUT2D eigenvalue weighted by atomic mass is 10.5. The highest BCUT2D eigenvalue weighted by Gasteiger charge is 1.90. The zero-order valence-corrected chi connectivity index (χ0v) is 6.84. The van der Waals surface area contributed by atoms with E-state index in [1.807, 2.05) is 6.07 Å². The molecule has 0 aromatic carbocycles. The molecule has 1 aromatic rings. The van der Waals surface area contributed by atoms with Gasteiger partial charge in [0.25, 0.3) is 0 Å². The molecule has 0 atom stereocenters. The van der Waals surface area contributed by atoms with Crippen molar-refractivity contribution < 1.29 is 0 Å². The van der Waals surface area contributed by atoms with Crippen LogP contribution in [-0.2, 0) is 0 Å². The fourth-order valence-corrected chi connectivity index (χ4v) is 1.29. The first-order chi connectivity index (χ1) is 5.43. The number of hydrogen-bond acceptors (Lipinski definition) is 3. The van der Waals surface area contributed by atoms with Gasteiger partial charge in [0, 0.05) is 18.4 Å². The van der Waals surface area contributed by atoms with Crippen molar-refractivity contribution in [2.45, 2.75) is 11.4 Å². The number of hydrogen-bond donors (Lipinski definition) is 0. The molecule has 1 aromatic heterocycles. The molecule has 11 heavy (non-hydrogen) atoms. The maximum absolute atomic E-state index is 5.10. The summed E-state index contributed by atoms with van der Waals surface area (Å²) < 4.78 is 0. The normalized spacial score (nSPS) is 9.00. The zero-order chi connectivity index (χ0) is 7.94. The monoisotopic (exact) mass is 164 g/mol. The predicted octanol–water partition coefficient (Wildman–Crippen LogP) is 1.59. The average Bonchev–Trinajstić information content (AvgIpc) is 2.07. The highest BCUT2D eigenvalue weighted by atomic mass is 32.2. The lowest BCUT2D eigenvalue weighted by molar-refractivity contribution is 1.05. The molecule has 0 amide bonds. The topological polar surface area (TPSA) is 25.8 Å². The maximum atomic E-state index is 5.10. The Morgan fingerprint density at radius 2 is 2.55 bits per heavy atom. The second-order valence-corrected chi connectivity index (χ2v) is 2.97. The third kappa shape index (κ3) is 3.06. The number of aromatic nitrogens is 2. The third-order valence-electron chi connectivity index (χ3n) is 1.05. The Morgan fingerprint density at radius 1 is 1.64 bits per heavy atom. The molecule has 1 rings (SSSR count). The molecule has 0 N–H and O–H groups in total. The van der Waals surface area contributed by atoms with Crippen molar-refractivity contribution in [1.29, 1.82) is 0 Å². The van der Waals surface area contributed by atoms with Crippen LogP contribution in [0.5, 0.6) is 0 Å². The molecule has 0 aliphatic heterocycles. The van der Waals surface area contributed by atoms with Crippen LogP contribution in [0, 0.1) is 12.3 Å². The summed E-state index contributed by atoms with van der Waals surface area (Å²) >= 11 is 1.65. The van der Waals surface area contributed by atoms with Crippen molar-refractivity contribution in [2.75, 3.05) is 5.75 Å². The summed E-state index contributed by atoms with van der Waals surface area (Å²) in [5, 5.41) is 0.982. The van der Waals surface area contributed by atoms with Crippen LogP contribution in [0.4, 0.5) is 0 Å². The summed E-state index contributed by atoms with van der Waals surface area (Å²) in [6.45, 7) is 0. The van der Waals surface area contributed by atoms with Crippen LogP contribution in [-0.4, -0.2) is 15.7 Å². The molecule has 3 heteroatoms. The summed E-state index contributed by atoms with van der Waals surface area (Å²) in [5.74, 6) is 3.50.